The largest absolute Gasteiger partial charge is 0.377 e. The molecule has 3 unspecified atom stereocenters. The highest BCUT2D eigenvalue weighted by Gasteiger charge is 2.12. The molecule has 0 fully saturated rings. The second-order valence-corrected chi connectivity index (χ2v) is 7.82. The maximum absolute atomic E-state index is 11.9. The molecule has 0 aromatic rings. The van der Waals surface area contributed by atoms with Gasteiger partial charge in [-0.1, -0.05) is 13.2 Å². The maximum Gasteiger partial charge on any atom is 0.243 e. The Morgan fingerprint density at radius 1 is 0.758 bits per heavy atom. The van der Waals surface area contributed by atoms with Crippen LogP contribution in [0.4, 0.5) is 0 Å². The zero-order valence-electron chi connectivity index (χ0n) is 20.1. The highest BCUT2D eigenvalue weighted by atomic mass is 16.5. The lowest BCUT2D eigenvalue weighted by atomic mass is 10.2. The van der Waals surface area contributed by atoms with Crippen molar-refractivity contribution in [2.24, 2.45) is 0 Å². The molecule has 4 amide bonds. The molecular weight excluding hydrogens is 428 g/mol. The van der Waals surface area contributed by atoms with Crippen molar-refractivity contribution in [3.05, 3.63) is 25.3 Å². The lowest BCUT2D eigenvalue weighted by Crippen LogP contribution is -2.38. The van der Waals surface area contributed by atoms with Gasteiger partial charge in [-0.25, -0.2) is 0 Å². The highest BCUT2D eigenvalue weighted by molar-refractivity contribution is 5.87. The van der Waals surface area contributed by atoms with Crippen LogP contribution in [0.2, 0.25) is 0 Å². The normalized spacial score (nSPS) is 13.2. The van der Waals surface area contributed by atoms with Crippen molar-refractivity contribution in [2.45, 2.75) is 64.6 Å². The van der Waals surface area contributed by atoms with Gasteiger partial charge in [0, 0.05) is 38.0 Å². The molecule has 0 heterocycles. The first-order chi connectivity index (χ1) is 15.7. The van der Waals surface area contributed by atoms with E-state index in [2.05, 4.69) is 34.4 Å². The summed E-state index contributed by atoms with van der Waals surface area (Å²) in [5.74, 6) is -0.709. The Morgan fingerprint density at radius 2 is 1.21 bits per heavy atom. The number of rotatable bonds is 19. The van der Waals surface area contributed by atoms with Gasteiger partial charge in [0.15, 0.2) is 0 Å². The average Bonchev–Trinajstić information content (AvgIpc) is 2.77. The van der Waals surface area contributed by atoms with Crippen LogP contribution in [0.25, 0.3) is 0 Å². The number of carbonyl (C=O) groups excluding carboxylic acids is 4. The van der Waals surface area contributed by atoms with E-state index in [1.165, 1.54) is 12.2 Å². The lowest BCUT2D eigenvalue weighted by molar-refractivity contribution is -0.123. The standard InChI is InChI=1S/C23H40N4O6/c1-6-20(28)24-12-8-10-22(30)26-17(3)14-32-16-19(5)33-15-18(4)27-23(31)11-9-13-25-21(29)7-2/h6-7,17-19H,1-2,8-16H2,3-5H3,(H,24,28)(H,25,29)(H,26,30)(H,27,31). The number of hydrogen-bond donors (Lipinski definition) is 4. The molecule has 0 aliphatic carbocycles. The van der Waals surface area contributed by atoms with Crippen molar-refractivity contribution in [3.8, 4) is 0 Å². The molecule has 0 aromatic heterocycles. The van der Waals surface area contributed by atoms with E-state index in [9.17, 15) is 19.2 Å². The van der Waals surface area contributed by atoms with Gasteiger partial charge in [0.25, 0.3) is 0 Å². The van der Waals surface area contributed by atoms with Gasteiger partial charge in [-0.3, -0.25) is 19.2 Å². The Morgan fingerprint density at radius 3 is 1.67 bits per heavy atom. The average molecular weight is 469 g/mol. The predicted molar refractivity (Wildman–Crippen MR) is 126 cm³/mol. The van der Waals surface area contributed by atoms with E-state index in [0.717, 1.165) is 0 Å². The van der Waals surface area contributed by atoms with Crippen LogP contribution in [0, 0.1) is 0 Å². The number of ether oxygens (including phenoxy) is 2. The summed E-state index contributed by atoms with van der Waals surface area (Å²) < 4.78 is 11.3. The summed E-state index contributed by atoms with van der Waals surface area (Å²) in [4.78, 5) is 45.8. The van der Waals surface area contributed by atoms with Gasteiger partial charge in [0.2, 0.25) is 23.6 Å². The van der Waals surface area contributed by atoms with Gasteiger partial charge in [0.1, 0.15) is 0 Å². The minimum absolute atomic E-state index is 0.101. The molecule has 3 atom stereocenters. The minimum Gasteiger partial charge on any atom is -0.377 e. The van der Waals surface area contributed by atoms with Crippen LogP contribution in [0.15, 0.2) is 25.3 Å². The third-order valence-corrected chi connectivity index (χ3v) is 4.30. The van der Waals surface area contributed by atoms with Crippen molar-refractivity contribution in [1.29, 1.82) is 0 Å². The van der Waals surface area contributed by atoms with Crippen molar-refractivity contribution < 1.29 is 28.7 Å². The Hall–Kier alpha value is -2.72. The van der Waals surface area contributed by atoms with Crippen LogP contribution < -0.4 is 21.3 Å². The molecule has 0 rings (SSSR count). The molecule has 0 radical (unpaired) electrons. The fourth-order valence-electron chi connectivity index (χ4n) is 2.61. The molecule has 10 heteroatoms. The Balaban J connectivity index is 3.81. The van der Waals surface area contributed by atoms with Crippen molar-refractivity contribution in [3.63, 3.8) is 0 Å². The van der Waals surface area contributed by atoms with Gasteiger partial charge in [-0.2, -0.15) is 0 Å². The van der Waals surface area contributed by atoms with Crippen molar-refractivity contribution >= 4 is 23.6 Å². The van der Waals surface area contributed by atoms with Gasteiger partial charge in [-0.15, -0.1) is 0 Å². The van der Waals surface area contributed by atoms with Crippen LogP contribution >= 0.6 is 0 Å². The van der Waals surface area contributed by atoms with Crippen LogP contribution in [-0.4, -0.2) is 74.7 Å². The minimum atomic E-state index is -0.253. The van der Waals surface area contributed by atoms with E-state index in [4.69, 9.17) is 9.47 Å². The van der Waals surface area contributed by atoms with E-state index in [1.807, 2.05) is 20.8 Å². The molecule has 33 heavy (non-hydrogen) atoms. The van der Waals surface area contributed by atoms with Gasteiger partial charge < -0.3 is 30.7 Å². The zero-order valence-corrected chi connectivity index (χ0v) is 20.1. The number of hydrogen-bond acceptors (Lipinski definition) is 6. The summed E-state index contributed by atoms with van der Waals surface area (Å²) >= 11 is 0. The summed E-state index contributed by atoms with van der Waals surface area (Å²) in [5, 5.41) is 10.9. The summed E-state index contributed by atoms with van der Waals surface area (Å²) in [6, 6.07) is -0.306. The third-order valence-electron chi connectivity index (χ3n) is 4.30. The fraction of sp³-hybridized carbons (Fsp3) is 0.652. The first-order valence-corrected chi connectivity index (χ1v) is 11.3. The maximum atomic E-state index is 11.9. The SMILES string of the molecule is C=CC(=O)NCCCC(=O)NC(C)COCC(C)OCC(C)NC(=O)CCCNC(=O)C=C. The number of carbonyl (C=O) groups is 4. The van der Waals surface area contributed by atoms with E-state index < -0.39 is 0 Å². The molecule has 0 saturated heterocycles. The number of amides is 4. The Kier molecular flexibility index (Phi) is 17.3. The monoisotopic (exact) mass is 468 g/mol. The third kappa shape index (κ3) is 18.5. The topological polar surface area (TPSA) is 135 Å². The second-order valence-electron chi connectivity index (χ2n) is 7.82. The molecule has 10 nitrogen and oxygen atoms in total. The van der Waals surface area contributed by atoms with Crippen molar-refractivity contribution in [2.75, 3.05) is 32.9 Å². The molecule has 0 aliphatic rings. The molecule has 188 valence electrons. The number of nitrogens with one attached hydrogen (secondary N) is 4. The van der Waals surface area contributed by atoms with Crippen LogP contribution in [0.3, 0.4) is 0 Å². The smallest absolute Gasteiger partial charge is 0.243 e. The molecule has 4 N–H and O–H groups in total. The van der Waals surface area contributed by atoms with Gasteiger partial charge in [0.05, 0.1) is 25.9 Å². The summed E-state index contributed by atoms with van der Waals surface area (Å²) in [7, 11) is 0. The molecule has 0 bridgehead atoms. The van der Waals surface area contributed by atoms with E-state index in [1.54, 1.807) is 0 Å². The van der Waals surface area contributed by atoms with Gasteiger partial charge in [-0.05, 0) is 45.8 Å². The fourth-order valence-corrected chi connectivity index (χ4v) is 2.61. The summed E-state index contributed by atoms with van der Waals surface area (Å²) in [5.41, 5.74) is 0. The predicted octanol–water partition coefficient (Wildman–Crippen LogP) is 0.582. The molecule has 0 spiro atoms. The van der Waals surface area contributed by atoms with E-state index >= 15 is 0 Å². The van der Waals surface area contributed by atoms with Gasteiger partial charge >= 0.3 is 0 Å². The first kappa shape index (κ1) is 30.3. The van der Waals surface area contributed by atoms with E-state index in [-0.39, 0.29) is 41.8 Å². The summed E-state index contributed by atoms with van der Waals surface area (Å²) in [6.07, 6.45) is 3.93. The van der Waals surface area contributed by atoms with Crippen LogP contribution in [0.1, 0.15) is 46.5 Å². The molecular formula is C23H40N4O6. The zero-order chi connectivity index (χ0) is 25.1. The van der Waals surface area contributed by atoms with Crippen LogP contribution in [0.5, 0.6) is 0 Å². The van der Waals surface area contributed by atoms with E-state index in [0.29, 0.717) is 58.6 Å². The lowest BCUT2D eigenvalue weighted by Gasteiger charge is -2.20. The summed E-state index contributed by atoms with van der Waals surface area (Å²) in [6.45, 7) is 14.2. The Labute approximate surface area is 196 Å². The highest BCUT2D eigenvalue weighted by Crippen LogP contribution is 1.98. The first-order valence-electron chi connectivity index (χ1n) is 11.3. The van der Waals surface area contributed by atoms with Crippen LogP contribution in [-0.2, 0) is 28.7 Å². The molecule has 0 saturated carbocycles. The van der Waals surface area contributed by atoms with Crippen molar-refractivity contribution in [1.82, 2.24) is 21.3 Å². The quantitative estimate of drug-likeness (QED) is 0.162. The Bertz CT molecular complexity index is 640. The molecule has 0 aromatic carbocycles. The molecule has 0 aliphatic heterocycles. The second kappa shape index (κ2) is 18.8.